The molecule has 20 heavy (non-hydrogen) atoms. The van der Waals surface area contributed by atoms with Gasteiger partial charge in [-0.2, -0.15) is 4.39 Å². The molecule has 0 N–H and O–H groups in total. The van der Waals surface area contributed by atoms with E-state index in [4.69, 9.17) is 4.84 Å². The van der Waals surface area contributed by atoms with Crippen LogP contribution in [-0.2, 0) is 14.9 Å². The molecule has 2 rings (SSSR count). The van der Waals surface area contributed by atoms with E-state index in [1.807, 2.05) is 0 Å². The zero-order chi connectivity index (χ0) is 14.9. The molecule has 0 atom stereocenters. The Morgan fingerprint density at radius 1 is 1.40 bits per heavy atom. The van der Waals surface area contributed by atoms with Crippen molar-refractivity contribution in [2.75, 3.05) is 13.2 Å². The van der Waals surface area contributed by atoms with Crippen molar-refractivity contribution in [1.82, 2.24) is 4.47 Å². The van der Waals surface area contributed by atoms with Crippen molar-refractivity contribution in [2.24, 2.45) is 0 Å². The summed E-state index contributed by atoms with van der Waals surface area (Å²) < 4.78 is 38.9. The molecule has 1 fully saturated rings. The lowest BCUT2D eigenvalue weighted by atomic mass is 10.2. The maximum absolute atomic E-state index is 13.4. The van der Waals surface area contributed by atoms with Crippen molar-refractivity contribution in [3.05, 3.63) is 33.6 Å². The summed E-state index contributed by atoms with van der Waals surface area (Å²) in [7, 11) is -4.03. The minimum atomic E-state index is -4.03. The fourth-order valence-corrected chi connectivity index (χ4v) is 3.46. The average molecular weight is 304 g/mol. The molecular formula is C11H13FN2O5S. The Morgan fingerprint density at radius 3 is 2.65 bits per heavy atom. The number of hydrogen-bond acceptors (Lipinski definition) is 5. The van der Waals surface area contributed by atoms with Crippen LogP contribution in [0.15, 0.2) is 17.0 Å². The van der Waals surface area contributed by atoms with Crippen molar-refractivity contribution in [3.8, 4) is 0 Å². The molecule has 0 saturated carbocycles. The molecule has 0 amide bonds. The third-order valence-corrected chi connectivity index (χ3v) is 4.78. The molecular weight excluding hydrogens is 291 g/mol. The SMILES string of the molecule is Cc1cc(F)c([N+](=O)[O-])cc1S(=O)(=O)N1CCCCO1. The lowest BCUT2D eigenvalue weighted by molar-refractivity contribution is -0.387. The Morgan fingerprint density at radius 2 is 2.10 bits per heavy atom. The highest BCUT2D eigenvalue weighted by Crippen LogP contribution is 2.28. The molecule has 0 bridgehead atoms. The number of nitro groups is 1. The van der Waals surface area contributed by atoms with E-state index < -0.39 is 26.5 Å². The van der Waals surface area contributed by atoms with Crippen molar-refractivity contribution in [1.29, 1.82) is 0 Å². The summed E-state index contributed by atoms with van der Waals surface area (Å²) in [5.41, 5.74) is -0.770. The van der Waals surface area contributed by atoms with E-state index >= 15 is 0 Å². The van der Waals surface area contributed by atoms with Gasteiger partial charge in [0.2, 0.25) is 5.82 Å². The van der Waals surface area contributed by atoms with Crippen LogP contribution in [0.25, 0.3) is 0 Å². The van der Waals surface area contributed by atoms with Gasteiger partial charge in [-0.25, -0.2) is 8.42 Å². The van der Waals surface area contributed by atoms with Crippen LogP contribution in [0.5, 0.6) is 0 Å². The topological polar surface area (TPSA) is 89.8 Å². The minimum Gasteiger partial charge on any atom is -0.284 e. The summed E-state index contributed by atoms with van der Waals surface area (Å²) in [5, 5.41) is 10.7. The van der Waals surface area contributed by atoms with Crippen molar-refractivity contribution >= 4 is 15.7 Å². The standard InChI is InChI=1S/C11H13FN2O5S/c1-8-6-9(12)10(14(15)16)7-11(8)20(17,18)13-4-2-3-5-19-13/h6-7H,2-5H2,1H3. The Bertz CT molecular complexity index is 640. The fraction of sp³-hybridized carbons (Fsp3) is 0.455. The molecule has 9 heteroatoms. The summed E-state index contributed by atoms with van der Waals surface area (Å²) in [6.07, 6.45) is 1.39. The van der Waals surface area contributed by atoms with Gasteiger partial charge in [-0.05, 0) is 31.4 Å². The number of rotatable bonds is 3. The number of halogens is 1. The zero-order valence-electron chi connectivity index (χ0n) is 10.7. The monoisotopic (exact) mass is 304 g/mol. The normalized spacial score (nSPS) is 17.1. The molecule has 1 aliphatic heterocycles. The highest BCUT2D eigenvalue weighted by atomic mass is 32.2. The fourth-order valence-electron chi connectivity index (χ4n) is 1.93. The van der Waals surface area contributed by atoms with Gasteiger partial charge in [0.05, 0.1) is 16.4 Å². The number of sulfonamides is 1. The van der Waals surface area contributed by atoms with Crippen LogP contribution in [-0.4, -0.2) is 31.0 Å². The van der Waals surface area contributed by atoms with E-state index in [-0.39, 0.29) is 23.6 Å². The second-order valence-corrected chi connectivity index (χ2v) is 6.20. The van der Waals surface area contributed by atoms with Gasteiger partial charge in [0.25, 0.3) is 10.0 Å². The zero-order valence-corrected chi connectivity index (χ0v) is 11.5. The minimum absolute atomic E-state index is 0.0993. The largest absolute Gasteiger partial charge is 0.306 e. The number of hydroxylamine groups is 1. The Balaban J connectivity index is 2.50. The van der Waals surface area contributed by atoms with Gasteiger partial charge in [0, 0.05) is 12.6 Å². The van der Waals surface area contributed by atoms with Crippen LogP contribution in [0.3, 0.4) is 0 Å². The quantitative estimate of drug-likeness (QED) is 0.627. The maximum Gasteiger partial charge on any atom is 0.306 e. The molecule has 1 aromatic carbocycles. The molecule has 0 radical (unpaired) electrons. The predicted octanol–water partition coefficient (Wildman–Crippen LogP) is 1.76. The summed E-state index contributed by atoms with van der Waals surface area (Å²) in [6.45, 7) is 1.82. The lowest BCUT2D eigenvalue weighted by Crippen LogP contribution is -2.36. The van der Waals surface area contributed by atoms with E-state index in [0.29, 0.717) is 6.42 Å². The number of benzene rings is 1. The Labute approximate surface area is 115 Å². The molecule has 0 aliphatic carbocycles. The van der Waals surface area contributed by atoms with Gasteiger partial charge in [0.1, 0.15) is 0 Å². The summed E-state index contributed by atoms with van der Waals surface area (Å²) >= 11 is 0. The first-order valence-corrected chi connectivity index (χ1v) is 7.38. The van der Waals surface area contributed by atoms with Gasteiger partial charge in [-0.15, -0.1) is 0 Å². The van der Waals surface area contributed by atoms with Crippen molar-refractivity contribution in [3.63, 3.8) is 0 Å². The Hall–Kier alpha value is -1.58. The van der Waals surface area contributed by atoms with E-state index in [0.717, 1.165) is 23.0 Å². The highest BCUT2D eigenvalue weighted by Gasteiger charge is 2.31. The molecule has 1 aliphatic rings. The Kier molecular flexibility index (Phi) is 4.02. The summed E-state index contributed by atoms with van der Waals surface area (Å²) in [5.74, 6) is -1.06. The number of nitrogens with zero attached hydrogens (tertiary/aromatic N) is 2. The van der Waals surface area contributed by atoms with Crippen molar-refractivity contribution in [2.45, 2.75) is 24.7 Å². The van der Waals surface area contributed by atoms with E-state index in [1.54, 1.807) is 0 Å². The average Bonchev–Trinajstić information content (AvgIpc) is 2.39. The first-order chi connectivity index (χ1) is 9.34. The molecule has 110 valence electrons. The van der Waals surface area contributed by atoms with E-state index in [1.165, 1.54) is 6.92 Å². The number of hydrogen-bond donors (Lipinski definition) is 0. The second-order valence-electron chi connectivity index (χ2n) is 4.40. The molecule has 7 nitrogen and oxygen atoms in total. The second kappa shape index (κ2) is 5.43. The first-order valence-electron chi connectivity index (χ1n) is 5.94. The lowest BCUT2D eigenvalue weighted by Gasteiger charge is -2.25. The van der Waals surface area contributed by atoms with Crippen LogP contribution >= 0.6 is 0 Å². The van der Waals surface area contributed by atoms with Crippen LogP contribution in [0.1, 0.15) is 18.4 Å². The smallest absolute Gasteiger partial charge is 0.284 e. The molecule has 1 heterocycles. The molecule has 1 saturated heterocycles. The first kappa shape index (κ1) is 14.8. The number of aryl methyl sites for hydroxylation is 1. The van der Waals surface area contributed by atoms with Gasteiger partial charge in [-0.3, -0.25) is 15.0 Å². The van der Waals surface area contributed by atoms with Gasteiger partial charge in [0.15, 0.2) is 0 Å². The van der Waals surface area contributed by atoms with E-state index in [9.17, 15) is 22.9 Å². The van der Waals surface area contributed by atoms with Crippen LogP contribution in [0, 0.1) is 22.9 Å². The molecule has 0 aromatic heterocycles. The van der Waals surface area contributed by atoms with Gasteiger partial charge >= 0.3 is 5.69 Å². The van der Waals surface area contributed by atoms with Crippen molar-refractivity contribution < 1.29 is 22.6 Å². The summed E-state index contributed by atoms with van der Waals surface area (Å²) in [4.78, 5) is 14.5. The molecule has 1 aromatic rings. The molecule has 0 unspecified atom stereocenters. The predicted molar refractivity (Wildman–Crippen MR) is 66.9 cm³/mol. The van der Waals surface area contributed by atoms with E-state index in [2.05, 4.69) is 0 Å². The molecule has 0 spiro atoms. The van der Waals surface area contributed by atoms with Crippen LogP contribution < -0.4 is 0 Å². The number of nitro benzene ring substituents is 1. The third-order valence-electron chi connectivity index (χ3n) is 2.96. The third kappa shape index (κ3) is 2.65. The maximum atomic E-state index is 13.4. The van der Waals surface area contributed by atoms with Gasteiger partial charge < -0.3 is 0 Å². The van der Waals surface area contributed by atoms with Crippen LogP contribution in [0.2, 0.25) is 0 Å². The van der Waals surface area contributed by atoms with Gasteiger partial charge in [-0.1, -0.05) is 4.47 Å². The highest BCUT2D eigenvalue weighted by molar-refractivity contribution is 7.89. The summed E-state index contributed by atoms with van der Waals surface area (Å²) in [6, 6.07) is 1.58. The van der Waals surface area contributed by atoms with Crippen LogP contribution in [0.4, 0.5) is 10.1 Å².